The molecule has 0 bridgehead atoms. The molecule has 2 aromatic rings. The molecule has 0 unspecified atom stereocenters. The lowest BCUT2D eigenvalue weighted by Gasteiger charge is -2.11. The molecule has 0 saturated heterocycles. The van der Waals surface area contributed by atoms with Gasteiger partial charge in [0.1, 0.15) is 6.33 Å². The first-order valence-electron chi connectivity index (χ1n) is 5.73. The van der Waals surface area contributed by atoms with Crippen molar-refractivity contribution in [2.75, 3.05) is 5.73 Å². The van der Waals surface area contributed by atoms with Crippen LogP contribution in [-0.4, -0.2) is 9.97 Å². The van der Waals surface area contributed by atoms with Crippen molar-refractivity contribution in [1.82, 2.24) is 9.97 Å². The van der Waals surface area contributed by atoms with Gasteiger partial charge in [-0.1, -0.05) is 6.92 Å². The van der Waals surface area contributed by atoms with Crippen molar-refractivity contribution < 1.29 is 9.13 Å². The molecule has 5 nitrogen and oxygen atoms in total. The van der Waals surface area contributed by atoms with Gasteiger partial charge in [0.05, 0.1) is 26.6 Å². The van der Waals surface area contributed by atoms with Gasteiger partial charge in [0.15, 0.2) is 5.75 Å². The van der Waals surface area contributed by atoms with Crippen LogP contribution in [-0.2, 0) is 6.42 Å². The molecule has 0 aliphatic heterocycles. The third-order valence-corrected chi connectivity index (χ3v) is 3.37. The van der Waals surface area contributed by atoms with E-state index in [4.69, 9.17) is 15.7 Å². The average Bonchev–Trinajstić information content (AvgIpc) is 2.44. The van der Waals surface area contributed by atoms with Crippen LogP contribution in [0.1, 0.15) is 18.2 Å². The third kappa shape index (κ3) is 2.80. The zero-order valence-electron chi connectivity index (χ0n) is 10.5. The first kappa shape index (κ1) is 14.5. The number of nitrogen functional groups attached to an aromatic ring is 1. The lowest BCUT2D eigenvalue weighted by molar-refractivity contribution is 0.414. The van der Waals surface area contributed by atoms with Gasteiger partial charge in [-0.15, -0.1) is 0 Å². The van der Waals surface area contributed by atoms with Crippen LogP contribution >= 0.6 is 22.6 Å². The van der Waals surface area contributed by atoms with Crippen molar-refractivity contribution in [3.8, 4) is 17.7 Å². The minimum atomic E-state index is -0.602. The highest BCUT2D eigenvalue weighted by molar-refractivity contribution is 14.1. The van der Waals surface area contributed by atoms with E-state index in [1.165, 1.54) is 12.4 Å². The second-order valence-corrected chi connectivity index (χ2v) is 5.05. The molecule has 0 aliphatic carbocycles. The Hall–Kier alpha value is -1.95. The van der Waals surface area contributed by atoms with Gasteiger partial charge in [0.25, 0.3) is 5.88 Å². The van der Waals surface area contributed by atoms with Crippen LogP contribution < -0.4 is 10.5 Å². The number of aromatic nitrogens is 2. The normalized spacial score (nSPS) is 10.1. The maximum Gasteiger partial charge on any atom is 0.259 e. The SMILES string of the molecule is CCc1ncnc(Oc2c(N)cc(C#N)cc2I)c1F. The Morgan fingerprint density at radius 1 is 1.45 bits per heavy atom. The zero-order chi connectivity index (χ0) is 14.7. The molecule has 7 heteroatoms. The number of hydrogen-bond acceptors (Lipinski definition) is 5. The van der Waals surface area contributed by atoms with E-state index in [9.17, 15) is 4.39 Å². The monoisotopic (exact) mass is 384 g/mol. The fourth-order valence-corrected chi connectivity index (χ4v) is 2.35. The molecule has 0 aliphatic rings. The Balaban J connectivity index is 2.43. The zero-order valence-corrected chi connectivity index (χ0v) is 12.7. The summed E-state index contributed by atoms with van der Waals surface area (Å²) in [6.07, 6.45) is 1.68. The largest absolute Gasteiger partial charge is 0.433 e. The Kier molecular flexibility index (Phi) is 4.34. The number of rotatable bonds is 3. The van der Waals surface area contributed by atoms with Crippen LogP contribution in [0, 0.1) is 20.7 Å². The number of anilines is 1. The summed E-state index contributed by atoms with van der Waals surface area (Å²) in [7, 11) is 0. The molecular formula is C13H10FIN4O. The Bertz CT molecular complexity index is 676. The van der Waals surface area contributed by atoms with Gasteiger partial charge in [-0.05, 0) is 41.1 Å². The summed E-state index contributed by atoms with van der Waals surface area (Å²) in [6.45, 7) is 1.79. The van der Waals surface area contributed by atoms with E-state index in [2.05, 4.69) is 9.97 Å². The standard InChI is InChI=1S/C13H10FIN4O/c1-2-10-11(14)13(19-6-18-10)20-12-8(15)3-7(5-16)4-9(12)17/h3-4,6H,2,17H2,1H3. The molecule has 1 aromatic heterocycles. The van der Waals surface area contributed by atoms with Crippen LogP contribution in [0.5, 0.6) is 11.6 Å². The van der Waals surface area contributed by atoms with Gasteiger partial charge < -0.3 is 10.5 Å². The Morgan fingerprint density at radius 2 is 2.20 bits per heavy atom. The van der Waals surface area contributed by atoms with Crippen LogP contribution in [0.4, 0.5) is 10.1 Å². The van der Waals surface area contributed by atoms with Crippen molar-refractivity contribution in [2.45, 2.75) is 13.3 Å². The van der Waals surface area contributed by atoms with Gasteiger partial charge in [-0.25, -0.2) is 4.98 Å². The van der Waals surface area contributed by atoms with Crippen molar-refractivity contribution in [2.24, 2.45) is 0 Å². The Morgan fingerprint density at radius 3 is 2.80 bits per heavy atom. The maximum absolute atomic E-state index is 14.0. The lowest BCUT2D eigenvalue weighted by atomic mass is 10.2. The van der Waals surface area contributed by atoms with Crippen molar-refractivity contribution in [3.63, 3.8) is 0 Å². The second kappa shape index (κ2) is 6.00. The minimum Gasteiger partial charge on any atom is -0.433 e. The molecular weight excluding hydrogens is 374 g/mol. The van der Waals surface area contributed by atoms with Gasteiger partial charge in [-0.2, -0.15) is 14.6 Å². The lowest BCUT2D eigenvalue weighted by Crippen LogP contribution is -2.02. The molecule has 0 atom stereocenters. The fraction of sp³-hybridized carbons (Fsp3) is 0.154. The van der Waals surface area contributed by atoms with E-state index in [0.29, 0.717) is 15.6 Å². The van der Waals surface area contributed by atoms with Crippen LogP contribution in [0.15, 0.2) is 18.5 Å². The number of ether oxygens (including phenoxy) is 1. The van der Waals surface area contributed by atoms with Crippen LogP contribution in [0.25, 0.3) is 0 Å². The molecule has 0 amide bonds. The van der Waals surface area contributed by atoms with E-state index in [0.717, 1.165) is 0 Å². The summed E-state index contributed by atoms with van der Waals surface area (Å²) in [5.41, 5.74) is 6.76. The van der Waals surface area contributed by atoms with E-state index in [1.807, 2.05) is 28.7 Å². The van der Waals surface area contributed by atoms with Crippen molar-refractivity contribution >= 4 is 28.3 Å². The molecule has 102 valence electrons. The van der Waals surface area contributed by atoms with Gasteiger partial charge in [0.2, 0.25) is 5.82 Å². The quantitative estimate of drug-likeness (QED) is 0.650. The summed E-state index contributed by atoms with van der Waals surface area (Å²) in [6, 6.07) is 5.06. The maximum atomic E-state index is 14.0. The molecule has 2 rings (SSSR count). The van der Waals surface area contributed by atoms with Gasteiger partial charge in [0, 0.05) is 0 Å². The molecule has 2 N–H and O–H groups in total. The molecule has 0 radical (unpaired) electrons. The number of aryl methyl sites for hydroxylation is 1. The van der Waals surface area contributed by atoms with E-state index >= 15 is 0 Å². The van der Waals surface area contributed by atoms with E-state index < -0.39 is 5.82 Å². The Labute approximate surface area is 128 Å². The molecule has 1 aromatic carbocycles. The van der Waals surface area contributed by atoms with E-state index in [-0.39, 0.29) is 23.0 Å². The van der Waals surface area contributed by atoms with Crippen molar-refractivity contribution in [1.29, 1.82) is 5.26 Å². The first-order valence-corrected chi connectivity index (χ1v) is 6.81. The number of benzene rings is 1. The summed E-state index contributed by atoms with van der Waals surface area (Å²) in [5.74, 6) is -0.495. The van der Waals surface area contributed by atoms with Crippen LogP contribution in [0.2, 0.25) is 0 Å². The predicted octanol–water partition coefficient (Wildman–Crippen LogP) is 3.03. The number of nitrogens with two attached hydrogens (primary N) is 1. The fourth-order valence-electron chi connectivity index (χ4n) is 1.59. The summed E-state index contributed by atoms with van der Waals surface area (Å²) < 4.78 is 20.1. The second-order valence-electron chi connectivity index (χ2n) is 3.88. The highest BCUT2D eigenvalue weighted by Gasteiger charge is 2.16. The topological polar surface area (TPSA) is 84.8 Å². The molecule has 1 heterocycles. The number of hydrogen-bond donors (Lipinski definition) is 1. The summed E-state index contributed by atoms with van der Waals surface area (Å²) in [5, 5.41) is 8.85. The smallest absolute Gasteiger partial charge is 0.259 e. The molecule has 0 spiro atoms. The number of nitriles is 1. The average molecular weight is 384 g/mol. The highest BCUT2D eigenvalue weighted by atomic mass is 127. The molecule has 20 heavy (non-hydrogen) atoms. The van der Waals surface area contributed by atoms with Gasteiger partial charge in [-0.3, -0.25) is 0 Å². The number of nitrogens with zero attached hydrogens (tertiary/aromatic N) is 3. The van der Waals surface area contributed by atoms with Crippen LogP contribution in [0.3, 0.4) is 0 Å². The summed E-state index contributed by atoms with van der Waals surface area (Å²) >= 11 is 1.97. The summed E-state index contributed by atoms with van der Waals surface area (Å²) in [4.78, 5) is 7.60. The van der Waals surface area contributed by atoms with Crippen molar-refractivity contribution in [3.05, 3.63) is 39.1 Å². The first-order chi connectivity index (χ1) is 9.56. The number of halogens is 2. The molecule has 0 fully saturated rings. The highest BCUT2D eigenvalue weighted by Crippen LogP contribution is 2.34. The van der Waals surface area contributed by atoms with Gasteiger partial charge >= 0.3 is 0 Å². The van der Waals surface area contributed by atoms with E-state index in [1.54, 1.807) is 13.0 Å². The minimum absolute atomic E-state index is 0.175. The predicted molar refractivity (Wildman–Crippen MR) is 79.7 cm³/mol. The molecule has 0 saturated carbocycles. The third-order valence-electron chi connectivity index (χ3n) is 2.56.